The predicted molar refractivity (Wildman–Crippen MR) is 163 cm³/mol. The highest BCUT2D eigenvalue weighted by molar-refractivity contribution is 5.89. The van der Waals surface area contributed by atoms with Crippen molar-refractivity contribution in [1.82, 2.24) is 15.3 Å². The van der Waals surface area contributed by atoms with Gasteiger partial charge in [-0.1, -0.05) is 92.1 Å². The fraction of sp³-hybridized carbons (Fsp3) is 0.257. The van der Waals surface area contributed by atoms with Crippen LogP contribution >= 0.6 is 0 Å². The minimum Gasteiger partial charge on any atom is -0.373 e. The molecule has 5 heteroatoms. The normalized spacial score (nSPS) is 15.4. The van der Waals surface area contributed by atoms with E-state index in [9.17, 15) is 4.79 Å². The smallest absolute Gasteiger partial charge is 0.242 e. The Hall–Kier alpha value is -4.38. The van der Waals surface area contributed by atoms with Gasteiger partial charge in [-0.15, -0.1) is 0 Å². The summed E-state index contributed by atoms with van der Waals surface area (Å²) in [5.74, 6) is 0.00836. The van der Waals surface area contributed by atoms with Gasteiger partial charge in [-0.25, -0.2) is 0 Å². The van der Waals surface area contributed by atoms with Crippen molar-refractivity contribution in [2.75, 3.05) is 11.9 Å². The molecule has 3 N–H and O–H groups in total. The van der Waals surface area contributed by atoms with Crippen LogP contribution in [0.5, 0.6) is 0 Å². The standard InChI is InChI=1S/C35H36N4O/c40-34(38-25-35(20-10-2-11-21-35)33-19-9-12-22-36-33)32(23-27-24-37-30-17-7-5-16-29(27)30)39-31-18-8-6-15-28(31)26-13-3-1-4-14-26/h1,3-9,12-19,22,24,32,37,39H,2,10-11,20-21,23,25H2,(H,38,40). The van der Waals surface area contributed by atoms with E-state index in [4.69, 9.17) is 4.98 Å². The Labute approximate surface area is 236 Å². The number of hydrogen-bond donors (Lipinski definition) is 3. The van der Waals surface area contributed by atoms with E-state index in [0.717, 1.165) is 64.7 Å². The van der Waals surface area contributed by atoms with E-state index in [1.54, 1.807) is 0 Å². The van der Waals surface area contributed by atoms with Crippen LogP contribution in [0, 0.1) is 0 Å². The van der Waals surface area contributed by atoms with Crippen LogP contribution in [0.2, 0.25) is 0 Å². The first-order valence-electron chi connectivity index (χ1n) is 14.4. The molecule has 1 aliphatic carbocycles. The van der Waals surface area contributed by atoms with Gasteiger partial charge in [0.1, 0.15) is 6.04 Å². The molecule has 5 nitrogen and oxygen atoms in total. The second-order valence-corrected chi connectivity index (χ2v) is 10.9. The first-order valence-corrected chi connectivity index (χ1v) is 14.4. The van der Waals surface area contributed by atoms with Crippen molar-refractivity contribution in [2.45, 2.75) is 50.0 Å². The van der Waals surface area contributed by atoms with Crippen molar-refractivity contribution in [1.29, 1.82) is 0 Å². The van der Waals surface area contributed by atoms with Crippen LogP contribution in [-0.2, 0) is 16.6 Å². The Balaban J connectivity index is 1.30. The maximum atomic E-state index is 14.1. The number of fused-ring (bicyclic) bond motifs is 1. The number of benzene rings is 3. The van der Waals surface area contributed by atoms with Crippen LogP contribution in [0.25, 0.3) is 22.0 Å². The average Bonchev–Trinajstić information content (AvgIpc) is 3.44. The average molecular weight is 529 g/mol. The van der Waals surface area contributed by atoms with E-state index in [1.807, 2.05) is 60.9 Å². The molecule has 0 saturated heterocycles. The maximum absolute atomic E-state index is 14.1. The van der Waals surface area contributed by atoms with Crippen molar-refractivity contribution < 1.29 is 4.79 Å². The molecule has 1 unspecified atom stereocenters. The van der Waals surface area contributed by atoms with E-state index >= 15 is 0 Å². The highest BCUT2D eigenvalue weighted by Gasteiger charge is 2.36. The lowest BCUT2D eigenvalue weighted by molar-refractivity contribution is -0.122. The van der Waals surface area contributed by atoms with Crippen LogP contribution < -0.4 is 10.6 Å². The van der Waals surface area contributed by atoms with Crippen LogP contribution in [0.15, 0.2) is 109 Å². The second-order valence-electron chi connectivity index (χ2n) is 10.9. The zero-order valence-electron chi connectivity index (χ0n) is 22.8. The van der Waals surface area contributed by atoms with E-state index in [2.05, 4.69) is 64.1 Å². The molecule has 6 rings (SSSR count). The van der Waals surface area contributed by atoms with Gasteiger partial charge in [-0.05, 0) is 48.2 Å². The number of para-hydroxylation sites is 2. The van der Waals surface area contributed by atoms with Gasteiger partial charge in [-0.2, -0.15) is 0 Å². The molecule has 0 spiro atoms. The van der Waals surface area contributed by atoms with Crippen molar-refractivity contribution in [3.63, 3.8) is 0 Å². The zero-order valence-corrected chi connectivity index (χ0v) is 22.8. The monoisotopic (exact) mass is 528 g/mol. The Morgan fingerprint density at radius 3 is 2.42 bits per heavy atom. The molecular weight excluding hydrogens is 492 g/mol. The summed E-state index contributed by atoms with van der Waals surface area (Å²) in [6, 6.07) is 32.5. The van der Waals surface area contributed by atoms with E-state index in [1.165, 1.54) is 6.42 Å². The van der Waals surface area contributed by atoms with Gasteiger partial charge < -0.3 is 15.6 Å². The van der Waals surface area contributed by atoms with Gasteiger partial charge >= 0.3 is 0 Å². The van der Waals surface area contributed by atoms with Gasteiger partial charge in [0, 0.05) is 58.6 Å². The summed E-state index contributed by atoms with van der Waals surface area (Å²) in [5, 5.41) is 8.18. The molecule has 1 saturated carbocycles. The molecule has 1 amide bonds. The molecule has 3 aromatic carbocycles. The van der Waals surface area contributed by atoms with E-state index < -0.39 is 6.04 Å². The number of carbonyl (C=O) groups is 1. The number of aromatic nitrogens is 2. The lowest BCUT2D eigenvalue weighted by Gasteiger charge is -2.37. The molecule has 1 atom stereocenters. The lowest BCUT2D eigenvalue weighted by Crippen LogP contribution is -2.48. The number of amides is 1. The number of nitrogens with zero attached hydrogens (tertiary/aromatic N) is 1. The molecule has 0 bridgehead atoms. The summed E-state index contributed by atoms with van der Waals surface area (Å²) in [4.78, 5) is 22.2. The van der Waals surface area contributed by atoms with Gasteiger partial charge in [0.2, 0.25) is 5.91 Å². The van der Waals surface area contributed by atoms with Gasteiger partial charge in [-0.3, -0.25) is 9.78 Å². The first kappa shape index (κ1) is 25.9. The minimum atomic E-state index is -0.451. The Bertz CT molecular complexity index is 1550. The van der Waals surface area contributed by atoms with Crippen molar-refractivity contribution in [3.05, 3.63) is 121 Å². The number of anilines is 1. The minimum absolute atomic E-state index is 0.00836. The fourth-order valence-corrected chi connectivity index (χ4v) is 6.20. The molecule has 5 aromatic rings. The van der Waals surface area contributed by atoms with Gasteiger partial charge in [0.25, 0.3) is 0 Å². The first-order chi connectivity index (χ1) is 19.7. The van der Waals surface area contributed by atoms with Crippen LogP contribution in [0.1, 0.15) is 43.4 Å². The summed E-state index contributed by atoms with van der Waals surface area (Å²) in [5.41, 5.74) is 6.32. The molecule has 202 valence electrons. The van der Waals surface area contributed by atoms with Crippen LogP contribution in [0.3, 0.4) is 0 Å². The summed E-state index contributed by atoms with van der Waals surface area (Å²) in [7, 11) is 0. The third-order valence-electron chi connectivity index (χ3n) is 8.38. The Morgan fingerprint density at radius 2 is 1.60 bits per heavy atom. The van der Waals surface area contributed by atoms with Crippen molar-refractivity contribution in [2.24, 2.45) is 0 Å². The number of pyridine rings is 1. The van der Waals surface area contributed by atoms with Gasteiger partial charge in [0.05, 0.1) is 0 Å². The van der Waals surface area contributed by atoms with Crippen LogP contribution in [-0.4, -0.2) is 28.5 Å². The molecule has 2 heterocycles. The zero-order chi connectivity index (χ0) is 27.2. The molecule has 0 aliphatic heterocycles. The third-order valence-corrected chi connectivity index (χ3v) is 8.38. The number of carbonyl (C=O) groups excluding carboxylic acids is 1. The van der Waals surface area contributed by atoms with Crippen LogP contribution in [0.4, 0.5) is 5.69 Å². The summed E-state index contributed by atoms with van der Waals surface area (Å²) < 4.78 is 0. The third kappa shape index (κ3) is 5.50. The SMILES string of the molecule is O=C(NCC1(c2ccccn2)CCCCC1)C(Cc1c[nH]c2ccccc12)Nc1ccccc1-c1ccccc1. The molecule has 0 radical (unpaired) electrons. The molecular formula is C35H36N4O. The topological polar surface area (TPSA) is 69.8 Å². The molecule has 1 aliphatic rings. The molecule has 40 heavy (non-hydrogen) atoms. The maximum Gasteiger partial charge on any atom is 0.242 e. The lowest BCUT2D eigenvalue weighted by atomic mass is 9.71. The quantitative estimate of drug-likeness (QED) is 0.188. The molecule has 1 fully saturated rings. The highest BCUT2D eigenvalue weighted by atomic mass is 16.2. The number of rotatable bonds is 9. The number of H-pyrrole nitrogens is 1. The highest BCUT2D eigenvalue weighted by Crippen LogP contribution is 2.38. The largest absolute Gasteiger partial charge is 0.373 e. The Morgan fingerprint density at radius 1 is 0.850 bits per heavy atom. The van der Waals surface area contributed by atoms with E-state index in [-0.39, 0.29) is 11.3 Å². The van der Waals surface area contributed by atoms with Crippen molar-refractivity contribution in [3.8, 4) is 11.1 Å². The van der Waals surface area contributed by atoms with E-state index in [0.29, 0.717) is 13.0 Å². The summed E-state index contributed by atoms with van der Waals surface area (Å²) in [6.07, 6.45) is 10.1. The predicted octanol–water partition coefficient (Wildman–Crippen LogP) is 7.27. The Kier molecular flexibility index (Phi) is 7.62. The van der Waals surface area contributed by atoms with Gasteiger partial charge in [0.15, 0.2) is 0 Å². The molecule has 2 aromatic heterocycles. The van der Waals surface area contributed by atoms with Crippen molar-refractivity contribution >= 4 is 22.5 Å². The summed E-state index contributed by atoms with van der Waals surface area (Å²) >= 11 is 0. The fourth-order valence-electron chi connectivity index (χ4n) is 6.20. The number of aromatic amines is 1. The second kappa shape index (κ2) is 11.8. The number of nitrogens with one attached hydrogen (secondary N) is 3. The number of hydrogen-bond acceptors (Lipinski definition) is 3. The summed E-state index contributed by atoms with van der Waals surface area (Å²) in [6.45, 7) is 0.593.